The van der Waals surface area contributed by atoms with Crippen LogP contribution in [0.3, 0.4) is 0 Å². The van der Waals surface area contributed by atoms with Crippen molar-refractivity contribution in [3.05, 3.63) is 59.2 Å². The molecule has 2 aromatic carbocycles. The molecule has 0 spiro atoms. The molecule has 0 saturated heterocycles. The summed E-state index contributed by atoms with van der Waals surface area (Å²) in [5.74, 6) is -0.442. The van der Waals surface area contributed by atoms with E-state index in [0.717, 1.165) is 0 Å². The van der Waals surface area contributed by atoms with Crippen LogP contribution < -0.4 is 15.2 Å². The lowest BCUT2D eigenvalue weighted by atomic mass is 10.2. The van der Waals surface area contributed by atoms with Crippen molar-refractivity contribution in [1.29, 1.82) is 0 Å². The van der Waals surface area contributed by atoms with Crippen LogP contribution in [-0.2, 0) is 13.2 Å². The highest BCUT2D eigenvalue weighted by molar-refractivity contribution is 5.32. The summed E-state index contributed by atoms with van der Waals surface area (Å²) in [6.45, 7) is 0.112. The Morgan fingerprint density at radius 3 is 2.55 bits per heavy atom. The van der Waals surface area contributed by atoms with Crippen LogP contribution in [0.4, 0.5) is 8.78 Å². The number of hydrogen-bond donors (Lipinski definition) is 1. The van der Waals surface area contributed by atoms with E-state index in [4.69, 9.17) is 15.2 Å². The first kappa shape index (κ1) is 14.3. The Labute approximate surface area is 115 Å². The minimum absolute atomic E-state index is 0.00948. The van der Waals surface area contributed by atoms with Crippen LogP contribution in [0.15, 0.2) is 36.4 Å². The zero-order chi connectivity index (χ0) is 14.5. The summed E-state index contributed by atoms with van der Waals surface area (Å²) < 4.78 is 37.7. The van der Waals surface area contributed by atoms with E-state index in [1.54, 1.807) is 24.3 Å². The Balaban J connectivity index is 2.11. The Morgan fingerprint density at radius 1 is 1.10 bits per heavy atom. The Bertz CT molecular complexity index is 602. The molecule has 5 heteroatoms. The van der Waals surface area contributed by atoms with Gasteiger partial charge in [0.05, 0.1) is 7.11 Å². The third-order valence-electron chi connectivity index (χ3n) is 2.90. The molecule has 106 valence electrons. The third kappa shape index (κ3) is 3.05. The second-order valence-corrected chi connectivity index (χ2v) is 4.18. The molecule has 2 rings (SSSR count). The van der Waals surface area contributed by atoms with E-state index in [9.17, 15) is 8.78 Å². The van der Waals surface area contributed by atoms with E-state index in [2.05, 4.69) is 0 Å². The second kappa shape index (κ2) is 6.34. The number of halogens is 2. The van der Waals surface area contributed by atoms with Gasteiger partial charge in [-0.1, -0.05) is 18.2 Å². The Kier molecular flexibility index (Phi) is 4.53. The van der Waals surface area contributed by atoms with Gasteiger partial charge in [0.2, 0.25) is 0 Å². The fourth-order valence-corrected chi connectivity index (χ4v) is 1.77. The maximum atomic E-state index is 13.9. The molecule has 0 saturated carbocycles. The van der Waals surface area contributed by atoms with E-state index in [0.29, 0.717) is 16.9 Å². The molecule has 0 radical (unpaired) electrons. The predicted octanol–water partition coefficient (Wildman–Crippen LogP) is 3.01. The first-order valence-corrected chi connectivity index (χ1v) is 6.08. The summed E-state index contributed by atoms with van der Waals surface area (Å²) in [4.78, 5) is 0. The lowest BCUT2D eigenvalue weighted by Gasteiger charge is -2.10. The van der Waals surface area contributed by atoms with Crippen molar-refractivity contribution in [2.45, 2.75) is 13.2 Å². The minimum Gasteiger partial charge on any atom is -0.494 e. The van der Waals surface area contributed by atoms with Gasteiger partial charge in [0, 0.05) is 23.7 Å². The number of ether oxygens (including phenoxy) is 2. The molecule has 0 aliphatic heterocycles. The summed E-state index contributed by atoms with van der Waals surface area (Å²) in [5, 5.41) is 0. The topological polar surface area (TPSA) is 44.5 Å². The summed E-state index contributed by atoms with van der Waals surface area (Å²) >= 11 is 0. The molecular weight excluding hydrogens is 264 g/mol. The average molecular weight is 279 g/mol. The highest BCUT2D eigenvalue weighted by Gasteiger charge is 2.09. The maximum Gasteiger partial charge on any atom is 0.171 e. The predicted molar refractivity (Wildman–Crippen MR) is 71.6 cm³/mol. The fraction of sp³-hybridized carbons (Fsp3) is 0.200. The van der Waals surface area contributed by atoms with Crippen molar-refractivity contribution >= 4 is 0 Å². The molecule has 0 aliphatic carbocycles. The van der Waals surface area contributed by atoms with Crippen molar-refractivity contribution in [3.63, 3.8) is 0 Å². The smallest absolute Gasteiger partial charge is 0.171 e. The van der Waals surface area contributed by atoms with E-state index in [1.165, 1.54) is 19.2 Å². The van der Waals surface area contributed by atoms with E-state index >= 15 is 0 Å². The van der Waals surface area contributed by atoms with Crippen molar-refractivity contribution in [2.75, 3.05) is 7.11 Å². The molecule has 0 atom stereocenters. The van der Waals surface area contributed by atoms with Crippen molar-refractivity contribution in [3.8, 4) is 11.5 Å². The van der Waals surface area contributed by atoms with Crippen LogP contribution >= 0.6 is 0 Å². The summed E-state index contributed by atoms with van der Waals surface area (Å²) in [7, 11) is 1.39. The fourth-order valence-electron chi connectivity index (χ4n) is 1.77. The summed E-state index contributed by atoms with van der Waals surface area (Å²) in [6.07, 6.45) is 0. The van der Waals surface area contributed by atoms with Gasteiger partial charge in [0.15, 0.2) is 11.6 Å². The molecule has 0 amide bonds. The highest BCUT2D eigenvalue weighted by atomic mass is 19.1. The zero-order valence-electron chi connectivity index (χ0n) is 11.0. The van der Waals surface area contributed by atoms with Crippen LogP contribution in [0.2, 0.25) is 0 Å². The monoisotopic (exact) mass is 279 g/mol. The van der Waals surface area contributed by atoms with E-state index in [-0.39, 0.29) is 18.9 Å². The molecule has 0 fully saturated rings. The highest BCUT2D eigenvalue weighted by Crippen LogP contribution is 2.22. The Morgan fingerprint density at radius 2 is 1.90 bits per heavy atom. The number of benzene rings is 2. The molecule has 20 heavy (non-hydrogen) atoms. The lowest BCUT2D eigenvalue weighted by Crippen LogP contribution is -2.02. The molecule has 0 unspecified atom stereocenters. The van der Waals surface area contributed by atoms with Crippen molar-refractivity contribution in [1.82, 2.24) is 0 Å². The number of hydrogen-bond acceptors (Lipinski definition) is 3. The minimum atomic E-state index is -0.478. The van der Waals surface area contributed by atoms with Gasteiger partial charge >= 0.3 is 0 Å². The molecule has 2 N–H and O–H groups in total. The second-order valence-electron chi connectivity index (χ2n) is 4.18. The van der Waals surface area contributed by atoms with Crippen molar-refractivity contribution < 1.29 is 18.3 Å². The number of rotatable bonds is 5. The molecule has 0 heterocycles. The first-order valence-electron chi connectivity index (χ1n) is 6.08. The van der Waals surface area contributed by atoms with Gasteiger partial charge in [0.1, 0.15) is 18.2 Å². The molecule has 2 aromatic rings. The SMILES string of the molecule is COc1cccc(COc2ccc(CN)c(F)c2)c1F. The quantitative estimate of drug-likeness (QED) is 0.915. The van der Waals surface area contributed by atoms with Gasteiger partial charge in [-0.05, 0) is 12.1 Å². The number of methoxy groups -OCH3 is 1. The molecule has 0 aliphatic rings. The summed E-state index contributed by atoms with van der Waals surface area (Å²) in [6, 6.07) is 9.16. The van der Waals surface area contributed by atoms with Crippen LogP contribution in [0.1, 0.15) is 11.1 Å². The molecule has 0 bridgehead atoms. The van der Waals surface area contributed by atoms with E-state index in [1.807, 2.05) is 0 Å². The van der Waals surface area contributed by atoms with Gasteiger partial charge in [-0.2, -0.15) is 0 Å². The molecular formula is C15H15F2NO2. The van der Waals surface area contributed by atoms with Gasteiger partial charge in [-0.3, -0.25) is 0 Å². The van der Waals surface area contributed by atoms with Gasteiger partial charge in [-0.15, -0.1) is 0 Å². The van der Waals surface area contributed by atoms with Crippen LogP contribution in [0.5, 0.6) is 11.5 Å². The van der Waals surface area contributed by atoms with Crippen LogP contribution in [0, 0.1) is 11.6 Å². The third-order valence-corrected chi connectivity index (χ3v) is 2.90. The standard InChI is InChI=1S/C15H15F2NO2/c1-19-14-4-2-3-11(15(14)17)9-20-12-6-5-10(8-18)13(16)7-12/h2-7H,8-9,18H2,1H3. The molecule has 0 aromatic heterocycles. The van der Waals surface area contributed by atoms with Crippen molar-refractivity contribution in [2.24, 2.45) is 5.73 Å². The van der Waals surface area contributed by atoms with Gasteiger partial charge < -0.3 is 15.2 Å². The summed E-state index contributed by atoms with van der Waals surface area (Å²) in [5.41, 5.74) is 6.12. The first-order chi connectivity index (χ1) is 9.65. The van der Waals surface area contributed by atoms with Crippen LogP contribution in [0.25, 0.3) is 0 Å². The normalized spacial score (nSPS) is 10.4. The van der Waals surface area contributed by atoms with Crippen LogP contribution in [-0.4, -0.2) is 7.11 Å². The number of nitrogens with two attached hydrogens (primary N) is 1. The zero-order valence-corrected chi connectivity index (χ0v) is 11.0. The lowest BCUT2D eigenvalue weighted by molar-refractivity contribution is 0.294. The average Bonchev–Trinajstić information content (AvgIpc) is 2.46. The largest absolute Gasteiger partial charge is 0.494 e. The molecule has 3 nitrogen and oxygen atoms in total. The Hall–Kier alpha value is -2.14. The maximum absolute atomic E-state index is 13.9. The van der Waals surface area contributed by atoms with Gasteiger partial charge in [0.25, 0.3) is 0 Å². The van der Waals surface area contributed by atoms with E-state index < -0.39 is 11.6 Å². The van der Waals surface area contributed by atoms with Gasteiger partial charge in [-0.25, -0.2) is 8.78 Å².